The van der Waals surface area contributed by atoms with Crippen LogP contribution in [-0.4, -0.2) is 16.7 Å². The number of aromatic nitrogens is 2. The molecule has 0 fully saturated rings. The predicted octanol–water partition coefficient (Wildman–Crippen LogP) is 2.52. The Morgan fingerprint density at radius 1 is 1.22 bits per heavy atom. The molecule has 0 aliphatic carbocycles. The monoisotopic (exact) mass is 269 g/mol. The summed E-state index contributed by atoms with van der Waals surface area (Å²) < 4.78 is 26.5. The molecule has 0 saturated carbocycles. The Labute approximate surface area is 108 Å². The second-order valence-corrected chi connectivity index (χ2v) is 4.91. The zero-order chi connectivity index (χ0) is 13.0. The highest BCUT2D eigenvalue weighted by Crippen LogP contribution is 2.18. The third-order valence-electron chi connectivity index (χ3n) is 2.41. The fraction of sp³-hybridized carbons (Fsp3) is 0.333. The van der Waals surface area contributed by atoms with E-state index in [1.807, 2.05) is 6.92 Å². The highest BCUT2D eigenvalue weighted by molar-refractivity contribution is 7.11. The smallest absolute Gasteiger partial charge is 0.162 e. The Hall–Kier alpha value is -1.40. The molecule has 2 rings (SSSR count). The zero-order valence-corrected chi connectivity index (χ0v) is 10.7. The molecular formula is C12H13F2N3S. The van der Waals surface area contributed by atoms with Gasteiger partial charge >= 0.3 is 0 Å². The minimum Gasteiger partial charge on any atom is -0.311 e. The zero-order valence-electron chi connectivity index (χ0n) is 9.91. The molecule has 0 unspecified atom stereocenters. The van der Waals surface area contributed by atoms with Crippen LogP contribution in [0.4, 0.5) is 8.78 Å². The number of rotatable bonds is 5. The molecule has 0 amide bonds. The summed E-state index contributed by atoms with van der Waals surface area (Å²) in [6, 6.07) is 4.16. The molecule has 1 aromatic carbocycles. The van der Waals surface area contributed by atoms with Crippen molar-refractivity contribution in [2.45, 2.75) is 19.9 Å². The van der Waals surface area contributed by atoms with Crippen LogP contribution in [0.25, 0.3) is 0 Å². The molecule has 18 heavy (non-hydrogen) atoms. The molecule has 3 nitrogen and oxygen atoms in total. The first-order chi connectivity index (χ1) is 8.70. The molecule has 0 saturated heterocycles. The van der Waals surface area contributed by atoms with Crippen LogP contribution in [0.15, 0.2) is 18.2 Å². The molecule has 0 spiro atoms. The number of hydrogen-bond acceptors (Lipinski definition) is 4. The number of nitrogens with zero attached hydrogens (tertiary/aromatic N) is 2. The molecule has 6 heteroatoms. The summed E-state index contributed by atoms with van der Waals surface area (Å²) in [4.78, 5) is 0. The maximum atomic E-state index is 13.5. The number of benzene rings is 1. The lowest BCUT2D eigenvalue weighted by atomic mass is 10.1. The third-order valence-corrected chi connectivity index (χ3v) is 3.33. The van der Waals surface area contributed by atoms with Crippen LogP contribution in [0.5, 0.6) is 0 Å². The maximum Gasteiger partial charge on any atom is 0.162 e. The Bertz CT molecular complexity index is 528. The number of halogens is 2. The number of nitrogens with one attached hydrogen (secondary N) is 1. The molecular weight excluding hydrogens is 256 g/mol. The van der Waals surface area contributed by atoms with Crippen LogP contribution in [0.2, 0.25) is 0 Å². The van der Waals surface area contributed by atoms with E-state index in [1.165, 1.54) is 17.4 Å². The van der Waals surface area contributed by atoms with Crippen molar-refractivity contribution >= 4 is 11.3 Å². The molecule has 0 aliphatic rings. The van der Waals surface area contributed by atoms with E-state index in [0.717, 1.165) is 17.6 Å². The van der Waals surface area contributed by atoms with Crippen molar-refractivity contribution in [3.8, 4) is 0 Å². The van der Waals surface area contributed by atoms with Crippen LogP contribution >= 0.6 is 11.3 Å². The molecule has 96 valence electrons. The summed E-state index contributed by atoms with van der Waals surface area (Å²) in [6.07, 6.45) is 0.271. The van der Waals surface area contributed by atoms with Crippen LogP contribution in [0.3, 0.4) is 0 Å². The van der Waals surface area contributed by atoms with Gasteiger partial charge in [-0.15, -0.1) is 10.2 Å². The maximum absolute atomic E-state index is 13.5. The van der Waals surface area contributed by atoms with Crippen molar-refractivity contribution in [1.82, 2.24) is 15.5 Å². The topological polar surface area (TPSA) is 37.8 Å². The summed E-state index contributed by atoms with van der Waals surface area (Å²) in [7, 11) is 0. The fourth-order valence-electron chi connectivity index (χ4n) is 1.51. The van der Waals surface area contributed by atoms with E-state index in [1.54, 1.807) is 6.07 Å². The molecule has 2 aromatic rings. The van der Waals surface area contributed by atoms with E-state index >= 15 is 0 Å². The van der Waals surface area contributed by atoms with E-state index in [4.69, 9.17) is 0 Å². The molecule has 1 N–H and O–H groups in total. The Balaban J connectivity index is 2.09. The van der Waals surface area contributed by atoms with E-state index < -0.39 is 11.6 Å². The fourth-order valence-corrected chi connectivity index (χ4v) is 2.35. The van der Waals surface area contributed by atoms with Crippen LogP contribution < -0.4 is 5.32 Å². The summed E-state index contributed by atoms with van der Waals surface area (Å²) >= 11 is 1.41. The van der Waals surface area contributed by atoms with Gasteiger partial charge in [-0.05, 0) is 18.2 Å². The first-order valence-electron chi connectivity index (χ1n) is 5.65. The van der Waals surface area contributed by atoms with Gasteiger partial charge in [0.15, 0.2) is 11.6 Å². The van der Waals surface area contributed by atoms with Crippen molar-refractivity contribution in [1.29, 1.82) is 0 Å². The van der Waals surface area contributed by atoms with Crippen LogP contribution in [0, 0.1) is 11.6 Å². The van der Waals surface area contributed by atoms with Gasteiger partial charge in [0.05, 0.1) is 0 Å². The minimum absolute atomic E-state index is 0.271. The molecule has 1 heterocycles. The van der Waals surface area contributed by atoms with Gasteiger partial charge in [-0.3, -0.25) is 0 Å². The average molecular weight is 269 g/mol. The van der Waals surface area contributed by atoms with Gasteiger partial charge in [-0.25, -0.2) is 8.78 Å². The van der Waals surface area contributed by atoms with E-state index in [-0.39, 0.29) is 6.42 Å². The minimum atomic E-state index is -0.829. The van der Waals surface area contributed by atoms with Gasteiger partial charge in [0.25, 0.3) is 0 Å². The van der Waals surface area contributed by atoms with Gasteiger partial charge in [0, 0.05) is 13.0 Å². The Kier molecular flexibility index (Phi) is 4.33. The van der Waals surface area contributed by atoms with Crippen molar-refractivity contribution in [3.63, 3.8) is 0 Å². The lowest BCUT2D eigenvalue weighted by Gasteiger charge is -2.00. The molecule has 0 atom stereocenters. The Morgan fingerprint density at radius 3 is 2.78 bits per heavy atom. The molecule has 1 aromatic heterocycles. The first kappa shape index (κ1) is 13.0. The lowest BCUT2D eigenvalue weighted by molar-refractivity contribution is 0.500. The Morgan fingerprint density at radius 2 is 2.00 bits per heavy atom. The van der Waals surface area contributed by atoms with Gasteiger partial charge in [-0.2, -0.15) is 0 Å². The standard InChI is InChI=1S/C12H13F2N3S/c1-2-15-7-11-17-16-10(18-11)6-8-4-3-5-9(13)12(8)14/h3-5,15H,2,6-7H2,1H3. The summed E-state index contributed by atoms with van der Waals surface area (Å²) in [5.74, 6) is -1.63. The summed E-state index contributed by atoms with van der Waals surface area (Å²) in [5, 5.41) is 12.6. The van der Waals surface area contributed by atoms with E-state index in [0.29, 0.717) is 17.1 Å². The molecule has 0 radical (unpaired) electrons. The van der Waals surface area contributed by atoms with Gasteiger partial charge in [0.2, 0.25) is 0 Å². The van der Waals surface area contributed by atoms with Crippen molar-refractivity contribution in [2.24, 2.45) is 0 Å². The second kappa shape index (κ2) is 5.97. The van der Waals surface area contributed by atoms with Crippen molar-refractivity contribution in [3.05, 3.63) is 45.4 Å². The van der Waals surface area contributed by atoms with E-state index in [2.05, 4.69) is 15.5 Å². The summed E-state index contributed by atoms with van der Waals surface area (Å²) in [6.45, 7) is 3.51. The van der Waals surface area contributed by atoms with Gasteiger partial charge in [0.1, 0.15) is 10.0 Å². The van der Waals surface area contributed by atoms with Crippen molar-refractivity contribution in [2.75, 3.05) is 6.54 Å². The largest absolute Gasteiger partial charge is 0.311 e. The lowest BCUT2D eigenvalue weighted by Crippen LogP contribution is -2.11. The van der Waals surface area contributed by atoms with Gasteiger partial charge < -0.3 is 5.32 Å². The van der Waals surface area contributed by atoms with Gasteiger partial charge in [-0.1, -0.05) is 30.4 Å². The molecule has 0 bridgehead atoms. The summed E-state index contributed by atoms with van der Waals surface area (Å²) in [5.41, 5.74) is 0.307. The van der Waals surface area contributed by atoms with Crippen LogP contribution in [0.1, 0.15) is 22.5 Å². The molecule has 0 aliphatic heterocycles. The number of hydrogen-bond donors (Lipinski definition) is 1. The predicted molar refractivity (Wildman–Crippen MR) is 66.5 cm³/mol. The second-order valence-electron chi connectivity index (χ2n) is 3.76. The van der Waals surface area contributed by atoms with Crippen molar-refractivity contribution < 1.29 is 8.78 Å². The average Bonchev–Trinajstić information content (AvgIpc) is 2.80. The normalized spacial score (nSPS) is 10.8. The third kappa shape index (κ3) is 3.08. The van der Waals surface area contributed by atoms with Crippen LogP contribution in [-0.2, 0) is 13.0 Å². The highest BCUT2D eigenvalue weighted by atomic mass is 32.1. The highest BCUT2D eigenvalue weighted by Gasteiger charge is 2.11. The quantitative estimate of drug-likeness (QED) is 0.906. The SMILES string of the molecule is CCNCc1nnc(Cc2cccc(F)c2F)s1. The first-order valence-corrected chi connectivity index (χ1v) is 6.47. The van der Waals surface area contributed by atoms with E-state index in [9.17, 15) is 8.78 Å².